The Kier molecular flexibility index (Phi) is 5.50. The maximum atomic E-state index is 13.3. The summed E-state index contributed by atoms with van der Waals surface area (Å²) in [5, 5.41) is 0.824. The van der Waals surface area contributed by atoms with Crippen LogP contribution >= 0.6 is 0 Å². The fraction of sp³-hybridized carbons (Fsp3) is 0.300. The zero-order chi connectivity index (χ0) is 21.2. The van der Waals surface area contributed by atoms with Gasteiger partial charge >= 0.3 is 12.1 Å². The molecular weight excluding hydrogens is 392 g/mol. The highest BCUT2D eigenvalue weighted by atomic mass is 19.4. The van der Waals surface area contributed by atoms with E-state index in [1.165, 1.54) is 18.2 Å². The molecule has 1 unspecified atom stereocenters. The van der Waals surface area contributed by atoms with Crippen molar-refractivity contribution in [2.75, 3.05) is 6.61 Å². The zero-order valence-corrected chi connectivity index (χ0v) is 15.6. The monoisotopic (exact) mass is 410 g/mol. The van der Waals surface area contributed by atoms with E-state index in [0.717, 1.165) is 11.1 Å². The third-order valence-corrected chi connectivity index (χ3v) is 4.27. The Hall–Kier alpha value is -3.10. The van der Waals surface area contributed by atoms with E-state index in [1.54, 1.807) is 44.2 Å². The molecular formula is C20H18F4N2O3. The van der Waals surface area contributed by atoms with Crippen LogP contribution in [-0.2, 0) is 9.63 Å². The van der Waals surface area contributed by atoms with E-state index in [0.29, 0.717) is 5.56 Å². The van der Waals surface area contributed by atoms with Crippen LogP contribution in [0.4, 0.5) is 17.6 Å². The number of carbonyl (C=O) groups is 1. The number of alkyl halides is 3. The fourth-order valence-electron chi connectivity index (χ4n) is 3.10. The summed E-state index contributed by atoms with van der Waals surface area (Å²) in [5.74, 6) is -2.75. The van der Waals surface area contributed by atoms with E-state index < -0.39 is 29.5 Å². The fourth-order valence-corrected chi connectivity index (χ4v) is 3.10. The van der Waals surface area contributed by atoms with Crippen molar-refractivity contribution in [1.29, 1.82) is 0 Å². The van der Waals surface area contributed by atoms with Gasteiger partial charge in [0.25, 0.3) is 0 Å². The van der Waals surface area contributed by atoms with Gasteiger partial charge < -0.3 is 9.57 Å². The number of hydroxylamine groups is 2. The van der Waals surface area contributed by atoms with Gasteiger partial charge in [-0.15, -0.1) is 0 Å². The average Bonchev–Trinajstić information content (AvgIpc) is 2.89. The number of ether oxygens (including phenoxy) is 1. The van der Waals surface area contributed by atoms with Crippen molar-refractivity contribution in [2.24, 2.45) is 4.99 Å². The van der Waals surface area contributed by atoms with E-state index in [9.17, 15) is 22.4 Å². The molecule has 9 heteroatoms. The number of amidine groups is 1. The Balaban J connectivity index is 1.90. The summed E-state index contributed by atoms with van der Waals surface area (Å²) in [7, 11) is 0. The average molecular weight is 410 g/mol. The molecule has 1 aliphatic rings. The molecule has 0 aromatic heterocycles. The lowest BCUT2D eigenvalue weighted by molar-refractivity contribution is -0.231. The van der Waals surface area contributed by atoms with Crippen LogP contribution in [0, 0.1) is 5.82 Å². The van der Waals surface area contributed by atoms with E-state index in [4.69, 9.17) is 4.74 Å². The van der Waals surface area contributed by atoms with Crippen molar-refractivity contribution in [3.8, 4) is 5.75 Å². The van der Waals surface area contributed by atoms with Gasteiger partial charge in [0.2, 0.25) is 0 Å². The van der Waals surface area contributed by atoms with E-state index in [1.807, 2.05) is 0 Å². The first-order valence-corrected chi connectivity index (χ1v) is 8.68. The van der Waals surface area contributed by atoms with Crippen LogP contribution < -0.4 is 4.74 Å². The Morgan fingerprint density at radius 1 is 1.14 bits per heavy atom. The molecule has 0 spiro atoms. The van der Waals surface area contributed by atoms with Crippen molar-refractivity contribution >= 4 is 11.8 Å². The lowest BCUT2D eigenvalue weighted by Gasteiger charge is -2.32. The molecule has 0 N–H and O–H groups in total. The molecule has 1 aliphatic heterocycles. The number of aliphatic imine (C=N–C) groups is 1. The molecule has 0 saturated carbocycles. The quantitative estimate of drug-likeness (QED) is 0.683. The molecule has 29 heavy (non-hydrogen) atoms. The van der Waals surface area contributed by atoms with Crippen molar-refractivity contribution in [1.82, 2.24) is 5.06 Å². The van der Waals surface area contributed by atoms with Crippen molar-refractivity contribution in [3.63, 3.8) is 0 Å². The second kappa shape index (κ2) is 7.73. The first-order valence-electron chi connectivity index (χ1n) is 8.68. The predicted molar refractivity (Wildman–Crippen MR) is 96.6 cm³/mol. The summed E-state index contributed by atoms with van der Waals surface area (Å²) < 4.78 is 57.3. The normalized spacial score (nSPS) is 18.3. The third kappa shape index (κ3) is 4.67. The number of benzene rings is 2. The maximum absolute atomic E-state index is 13.3. The summed E-state index contributed by atoms with van der Waals surface area (Å²) >= 11 is 0. The minimum absolute atomic E-state index is 0.0225. The van der Waals surface area contributed by atoms with E-state index >= 15 is 0 Å². The highest BCUT2D eigenvalue weighted by Gasteiger charge is 2.50. The Morgan fingerprint density at radius 3 is 2.45 bits per heavy atom. The molecule has 0 amide bonds. The predicted octanol–water partition coefficient (Wildman–Crippen LogP) is 4.46. The molecule has 5 nitrogen and oxygen atoms in total. The van der Waals surface area contributed by atoms with Crippen LogP contribution in [0.25, 0.3) is 0 Å². The van der Waals surface area contributed by atoms with Crippen LogP contribution in [0.2, 0.25) is 0 Å². The lowest BCUT2D eigenvalue weighted by atomic mass is 9.90. The van der Waals surface area contributed by atoms with Crippen molar-refractivity contribution < 1.29 is 31.9 Å². The van der Waals surface area contributed by atoms with E-state index in [-0.39, 0.29) is 18.2 Å². The Bertz CT molecular complexity index is 913. The van der Waals surface area contributed by atoms with Gasteiger partial charge in [-0.05, 0) is 31.5 Å². The molecule has 0 aliphatic carbocycles. The van der Waals surface area contributed by atoms with Gasteiger partial charge in [-0.2, -0.15) is 18.2 Å². The highest BCUT2D eigenvalue weighted by molar-refractivity contribution is 5.88. The van der Waals surface area contributed by atoms with Gasteiger partial charge in [-0.25, -0.2) is 9.18 Å². The first-order chi connectivity index (χ1) is 13.6. The first kappa shape index (κ1) is 20.6. The van der Waals surface area contributed by atoms with Crippen LogP contribution in [0.15, 0.2) is 59.6 Å². The minimum Gasteiger partial charge on any atom is -0.485 e. The Morgan fingerprint density at radius 2 is 1.83 bits per heavy atom. The molecule has 1 atom stereocenters. The van der Waals surface area contributed by atoms with Gasteiger partial charge in [0, 0.05) is 6.07 Å². The molecule has 3 rings (SSSR count). The number of carbonyl (C=O) groups excluding carboxylic acids is 1. The van der Waals surface area contributed by atoms with Crippen LogP contribution in [0.5, 0.6) is 5.75 Å². The molecule has 0 fully saturated rings. The molecule has 154 valence electrons. The van der Waals surface area contributed by atoms with Gasteiger partial charge in [0.05, 0.1) is 5.54 Å². The minimum atomic E-state index is -5.18. The number of rotatable bonds is 5. The van der Waals surface area contributed by atoms with Crippen LogP contribution in [0.1, 0.15) is 25.5 Å². The van der Waals surface area contributed by atoms with Crippen LogP contribution in [0.3, 0.4) is 0 Å². The lowest BCUT2D eigenvalue weighted by Crippen LogP contribution is -2.42. The molecule has 1 heterocycles. The molecule has 2 aromatic rings. The Labute approximate surface area is 164 Å². The second-order valence-corrected chi connectivity index (χ2v) is 6.94. The molecule has 0 radical (unpaired) electrons. The number of nitrogens with zero attached hydrogens (tertiary/aromatic N) is 2. The van der Waals surface area contributed by atoms with Gasteiger partial charge in [0.15, 0.2) is 5.84 Å². The van der Waals surface area contributed by atoms with Gasteiger partial charge in [-0.3, -0.25) is 4.99 Å². The zero-order valence-electron chi connectivity index (χ0n) is 15.6. The van der Waals surface area contributed by atoms with Gasteiger partial charge in [0.1, 0.15) is 24.2 Å². The van der Waals surface area contributed by atoms with Gasteiger partial charge in [-0.1, -0.05) is 36.4 Å². The van der Waals surface area contributed by atoms with Crippen molar-refractivity contribution in [2.45, 2.75) is 31.6 Å². The maximum Gasteiger partial charge on any atom is 0.493 e. The smallest absolute Gasteiger partial charge is 0.485 e. The SMILES string of the molecule is CC1(C)N=C(COc2cccc(F)c2)N(OC(=O)C(F)(F)F)C1c1ccccc1. The summed E-state index contributed by atoms with van der Waals surface area (Å²) in [6, 6.07) is 13.1. The summed E-state index contributed by atoms with van der Waals surface area (Å²) in [5.41, 5.74) is -0.314. The van der Waals surface area contributed by atoms with Crippen molar-refractivity contribution in [3.05, 3.63) is 66.0 Å². The largest absolute Gasteiger partial charge is 0.493 e. The molecule has 0 bridgehead atoms. The summed E-state index contributed by atoms with van der Waals surface area (Å²) in [6.45, 7) is 3.09. The number of halogens is 4. The summed E-state index contributed by atoms with van der Waals surface area (Å²) in [6.07, 6.45) is -5.18. The topological polar surface area (TPSA) is 51.1 Å². The second-order valence-electron chi connectivity index (χ2n) is 6.94. The number of hydrogen-bond acceptors (Lipinski definition) is 5. The van der Waals surface area contributed by atoms with Crippen LogP contribution in [-0.4, -0.2) is 35.2 Å². The molecule has 2 aromatic carbocycles. The highest BCUT2D eigenvalue weighted by Crippen LogP contribution is 2.41. The van der Waals surface area contributed by atoms with E-state index in [2.05, 4.69) is 9.83 Å². The molecule has 0 saturated heterocycles. The standard InChI is InChI=1S/C20H18F4N2O3/c1-19(2)17(13-7-4-3-5-8-13)26(29-18(27)20(22,23)24)16(25-19)12-28-15-10-6-9-14(21)11-15/h3-11,17H,12H2,1-2H3. The summed E-state index contributed by atoms with van der Waals surface area (Å²) in [4.78, 5) is 20.6. The number of hydrogen-bond donors (Lipinski definition) is 0. The third-order valence-electron chi connectivity index (χ3n) is 4.27.